The van der Waals surface area contributed by atoms with Crippen molar-refractivity contribution in [2.45, 2.75) is 104 Å². The minimum Gasteiger partial charge on any atom is -0.361 e. The van der Waals surface area contributed by atoms with Crippen LogP contribution in [0.25, 0.3) is 0 Å². The van der Waals surface area contributed by atoms with Gasteiger partial charge in [-0.05, 0) is 39.0 Å². The topological polar surface area (TPSA) is 26.0 Å². The third-order valence-corrected chi connectivity index (χ3v) is 4.36. The lowest BCUT2D eigenvalue weighted by Crippen LogP contribution is -1.84. The Morgan fingerprint density at radius 1 is 0.826 bits per heavy atom. The lowest BCUT2D eigenvalue weighted by Gasteiger charge is -1.99. The van der Waals surface area contributed by atoms with E-state index in [1.54, 1.807) is 0 Å². The lowest BCUT2D eigenvalue weighted by atomic mass is 10.1. The number of aromatic nitrogens is 1. The van der Waals surface area contributed by atoms with Crippen molar-refractivity contribution >= 4 is 0 Å². The predicted molar refractivity (Wildman–Crippen MR) is 99.8 cm³/mol. The second-order valence-corrected chi connectivity index (χ2v) is 6.77. The molecule has 1 rings (SSSR count). The van der Waals surface area contributed by atoms with Gasteiger partial charge >= 0.3 is 0 Å². The lowest BCUT2D eigenvalue weighted by molar-refractivity contribution is 0.375. The standard InChI is InChI=1S/C21H37NO/c1-3-4-5-6-7-8-9-10-11-12-13-14-15-16-17-18-21-19-20(2)22-23-21/h10-11,19H,3-9,12-18H2,1-2H3/b11-10+. The second kappa shape index (κ2) is 14.5. The Hall–Kier alpha value is -1.05. The van der Waals surface area contributed by atoms with E-state index in [1.807, 2.05) is 6.92 Å². The molecule has 0 amide bonds. The average Bonchev–Trinajstić information content (AvgIpc) is 2.96. The molecular formula is C21H37NO. The zero-order chi connectivity index (χ0) is 16.6. The van der Waals surface area contributed by atoms with E-state index in [0.29, 0.717) is 0 Å². The summed E-state index contributed by atoms with van der Waals surface area (Å²) in [6.07, 6.45) is 23.3. The maximum atomic E-state index is 5.22. The van der Waals surface area contributed by atoms with Crippen LogP contribution < -0.4 is 0 Å². The number of rotatable bonds is 15. The highest BCUT2D eigenvalue weighted by atomic mass is 16.5. The average molecular weight is 320 g/mol. The van der Waals surface area contributed by atoms with E-state index in [1.165, 1.54) is 83.5 Å². The van der Waals surface area contributed by atoms with Crippen LogP contribution in [0.1, 0.15) is 102 Å². The van der Waals surface area contributed by atoms with Gasteiger partial charge in [0.25, 0.3) is 0 Å². The maximum Gasteiger partial charge on any atom is 0.136 e. The largest absolute Gasteiger partial charge is 0.361 e. The summed E-state index contributed by atoms with van der Waals surface area (Å²) in [6, 6.07) is 2.05. The zero-order valence-electron chi connectivity index (χ0n) is 15.5. The van der Waals surface area contributed by atoms with Crippen molar-refractivity contribution in [1.82, 2.24) is 5.16 Å². The Labute approximate surface area is 143 Å². The Morgan fingerprint density at radius 2 is 1.39 bits per heavy atom. The number of aryl methyl sites for hydroxylation is 2. The molecule has 0 unspecified atom stereocenters. The van der Waals surface area contributed by atoms with Crippen LogP contribution in [0.2, 0.25) is 0 Å². The summed E-state index contributed by atoms with van der Waals surface area (Å²) in [5.74, 6) is 1.04. The van der Waals surface area contributed by atoms with E-state index in [2.05, 4.69) is 30.3 Å². The molecule has 0 N–H and O–H groups in total. The minimum absolute atomic E-state index is 0.993. The first-order chi connectivity index (χ1) is 11.3. The van der Waals surface area contributed by atoms with Crippen molar-refractivity contribution in [3.8, 4) is 0 Å². The molecule has 0 aromatic carbocycles. The van der Waals surface area contributed by atoms with Crippen molar-refractivity contribution in [3.63, 3.8) is 0 Å². The third-order valence-electron chi connectivity index (χ3n) is 4.36. The van der Waals surface area contributed by atoms with Crippen molar-refractivity contribution in [3.05, 3.63) is 29.7 Å². The molecule has 0 radical (unpaired) electrons. The van der Waals surface area contributed by atoms with Gasteiger partial charge in [-0.3, -0.25) is 0 Å². The molecular weight excluding hydrogens is 282 g/mol. The van der Waals surface area contributed by atoms with Crippen molar-refractivity contribution in [2.75, 3.05) is 0 Å². The highest BCUT2D eigenvalue weighted by Crippen LogP contribution is 2.11. The summed E-state index contributed by atoms with van der Waals surface area (Å²) >= 11 is 0. The Kier molecular flexibility index (Phi) is 12.6. The molecule has 2 heteroatoms. The fourth-order valence-electron chi connectivity index (χ4n) is 2.90. The zero-order valence-corrected chi connectivity index (χ0v) is 15.5. The van der Waals surface area contributed by atoms with E-state index in [0.717, 1.165) is 17.9 Å². The van der Waals surface area contributed by atoms with Crippen LogP contribution in [0.5, 0.6) is 0 Å². The van der Waals surface area contributed by atoms with Crippen LogP contribution in [0.4, 0.5) is 0 Å². The van der Waals surface area contributed by atoms with Gasteiger partial charge in [0.1, 0.15) is 5.76 Å². The molecule has 2 nitrogen and oxygen atoms in total. The van der Waals surface area contributed by atoms with Crippen molar-refractivity contribution < 1.29 is 4.52 Å². The number of allylic oxidation sites excluding steroid dienone is 2. The van der Waals surface area contributed by atoms with Gasteiger partial charge in [0.2, 0.25) is 0 Å². The molecule has 0 aliphatic heterocycles. The van der Waals surface area contributed by atoms with Crippen LogP contribution in [0.15, 0.2) is 22.7 Å². The number of hydrogen-bond donors (Lipinski definition) is 0. The van der Waals surface area contributed by atoms with Crippen LogP contribution in [0.3, 0.4) is 0 Å². The van der Waals surface area contributed by atoms with Crippen molar-refractivity contribution in [1.29, 1.82) is 0 Å². The van der Waals surface area contributed by atoms with E-state index in [-0.39, 0.29) is 0 Å². The molecule has 0 bridgehead atoms. The summed E-state index contributed by atoms with van der Waals surface area (Å²) in [5.41, 5.74) is 0.993. The van der Waals surface area contributed by atoms with Crippen LogP contribution >= 0.6 is 0 Å². The molecule has 0 aliphatic rings. The van der Waals surface area contributed by atoms with Crippen LogP contribution in [-0.2, 0) is 6.42 Å². The summed E-state index contributed by atoms with van der Waals surface area (Å²) < 4.78 is 5.22. The highest BCUT2D eigenvalue weighted by molar-refractivity contribution is 5.02. The molecule has 0 saturated carbocycles. The maximum absolute atomic E-state index is 5.22. The molecule has 1 aromatic heterocycles. The summed E-state index contributed by atoms with van der Waals surface area (Å²) in [6.45, 7) is 4.26. The summed E-state index contributed by atoms with van der Waals surface area (Å²) in [7, 11) is 0. The molecule has 0 atom stereocenters. The number of unbranched alkanes of at least 4 members (excludes halogenated alkanes) is 11. The normalized spacial score (nSPS) is 11.6. The molecule has 0 fully saturated rings. The Balaban J connectivity index is 1.78. The fraction of sp³-hybridized carbons (Fsp3) is 0.762. The smallest absolute Gasteiger partial charge is 0.136 e. The van der Waals surface area contributed by atoms with Gasteiger partial charge in [-0.15, -0.1) is 0 Å². The van der Waals surface area contributed by atoms with Crippen molar-refractivity contribution in [2.24, 2.45) is 0 Å². The first-order valence-electron chi connectivity index (χ1n) is 9.90. The first kappa shape index (κ1) is 20.0. The molecule has 0 aliphatic carbocycles. The van der Waals surface area contributed by atoms with Gasteiger partial charge in [-0.1, -0.05) is 75.6 Å². The fourth-order valence-corrected chi connectivity index (χ4v) is 2.90. The molecule has 1 heterocycles. The van der Waals surface area contributed by atoms with Gasteiger partial charge in [-0.25, -0.2) is 0 Å². The van der Waals surface area contributed by atoms with Gasteiger partial charge in [0.05, 0.1) is 5.69 Å². The minimum atomic E-state index is 0.993. The summed E-state index contributed by atoms with van der Waals surface area (Å²) in [5, 5.41) is 3.92. The predicted octanol–water partition coefficient (Wildman–Crippen LogP) is 7.17. The summed E-state index contributed by atoms with van der Waals surface area (Å²) in [4.78, 5) is 0. The Morgan fingerprint density at radius 3 is 1.96 bits per heavy atom. The highest BCUT2D eigenvalue weighted by Gasteiger charge is 1.99. The van der Waals surface area contributed by atoms with E-state index in [4.69, 9.17) is 4.52 Å². The molecule has 0 saturated heterocycles. The molecule has 132 valence electrons. The van der Waals surface area contributed by atoms with Gasteiger partial charge < -0.3 is 4.52 Å². The second-order valence-electron chi connectivity index (χ2n) is 6.77. The van der Waals surface area contributed by atoms with Crippen LogP contribution in [0, 0.1) is 6.92 Å². The van der Waals surface area contributed by atoms with E-state index < -0.39 is 0 Å². The number of hydrogen-bond acceptors (Lipinski definition) is 2. The molecule has 1 aromatic rings. The molecule has 0 spiro atoms. The quantitative estimate of drug-likeness (QED) is 0.253. The van der Waals surface area contributed by atoms with Gasteiger partial charge in [0.15, 0.2) is 0 Å². The van der Waals surface area contributed by atoms with Crippen LogP contribution in [-0.4, -0.2) is 5.16 Å². The first-order valence-corrected chi connectivity index (χ1v) is 9.90. The van der Waals surface area contributed by atoms with E-state index in [9.17, 15) is 0 Å². The Bertz CT molecular complexity index is 394. The SMILES string of the molecule is CCCCCCCC/C=C/CCCCCCCc1cc(C)no1. The number of nitrogens with zero attached hydrogens (tertiary/aromatic N) is 1. The van der Waals surface area contributed by atoms with Gasteiger partial charge in [0, 0.05) is 12.5 Å². The third kappa shape index (κ3) is 12.1. The monoisotopic (exact) mass is 319 g/mol. The van der Waals surface area contributed by atoms with Gasteiger partial charge in [-0.2, -0.15) is 0 Å². The molecule has 23 heavy (non-hydrogen) atoms. The van der Waals surface area contributed by atoms with E-state index >= 15 is 0 Å².